The molecule has 0 fully saturated rings. The number of rotatable bonds is 6. The molecule has 0 heterocycles. The van der Waals surface area contributed by atoms with Crippen LogP contribution in [0, 0.1) is 5.82 Å². The lowest BCUT2D eigenvalue weighted by atomic mass is 10.1. The molecule has 0 aliphatic heterocycles. The maximum Gasteiger partial charge on any atom is 0.212 e. The smallest absolute Gasteiger partial charge is 0.212 e. The molecule has 0 unspecified atom stereocenters. The molecule has 0 amide bonds. The Labute approximate surface area is 114 Å². The summed E-state index contributed by atoms with van der Waals surface area (Å²) < 4.78 is 43.9. The summed E-state index contributed by atoms with van der Waals surface area (Å²) in [5, 5.41) is 0. The van der Waals surface area contributed by atoms with Gasteiger partial charge in [0.05, 0.1) is 12.4 Å². The quantitative estimate of drug-likeness (QED) is 0.818. The lowest BCUT2D eigenvalue weighted by Crippen LogP contribution is -2.41. The molecule has 0 bridgehead atoms. The second-order valence-corrected chi connectivity index (χ2v) is 7.17. The summed E-state index contributed by atoms with van der Waals surface area (Å²) in [4.78, 5) is 0. The zero-order chi connectivity index (χ0) is 14.5. The molecule has 1 aromatic carbocycles. The predicted molar refractivity (Wildman–Crippen MR) is 73.2 cm³/mol. The predicted octanol–water partition coefficient (Wildman–Crippen LogP) is 2.31. The fourth-order valence-electron chi connectivity index (χ4n) is 1.49. The summed E-state index contributed by atoms with van der Waals surface area (Å²) in [6, 6.07) is 5.62. The van der Waals surface area contributed by atoms with Crippen molar-refractivity contribution < 1.29 is 17.5 Å². The van der Waals surface area contributed by atoms with E-state index in [2.05, 4.69) is 4.72 Å². The molecule has 0 aliphatic rings. The third-order valence-corrected chi connectivity index (χ3v) is 3.85. The molecule has 1 rings (SSSR count). The highest BCUT2D eigenvalue weighted by Crippen LogP contribution is 2.11. The first-order valence-electron chi connectivity index (χ1n) is 6.08. The van der Waals surface area contributed by atoms with Crippen molar-refractivity contribution in [1.29, 1.82) is 0 Å². The molecule has 1 aromatic rings. The van der Waals surface area contributed by atoms with Gasteiger partial charge in [-0.2, -0.15) is 0 Å². The van der Waals surface area contributed by atoms with Gasteiger partial charge in [0.15, 0.2) is 0 Å². The number of nitrogens with one attached hydrogen (secondary N) is 1. The van der Waals surface area contributed by atoms with Gasteiger partial charge in [-0.05, 0) is 51.5 Å². The van der Waals surface area contributed by atoms with Crippen LogP contribution in [0.15, 0.2) is 24.3 Å². The largest absolute Gasteiger partial charge is 0.494 e. The normalized spacial score (nSPS) is 12.4. The van der Waals surface area contributed by atoms with Gasteiger partial charge in [-0.25, -0.2) is 17.5 Å². The van der Waals surface area contributed by atoms with Gasteiger partial charge in [0.1, 0.15) is 11.6 Å². The first-order valence-corrected chi connectivity index (χ1v) is 7.73. The van der Waals surface area contributed by atoms with Crippen molar-refractivity contribution in [3.8, 4) is 5.75 Å². The van der Waals surface area contributed by atoms with E-state index < -0.39 is 15.6 Å². The van der Waals surface area contributed by atoms with E-state index in [9.17, 15) is 12.8 Å². The highest BCUT2D eigenvalue weighted by atomic mass is 32.2. The number of hydrogen-bond donors (Lipinski definition) is 1. The Balaban J connectivity index is 2.33. The summed E-state index contributed by atoms with van der Waals surface area (Å²) in [5.74, 6) is 0.206. The van der Waals surface area contributed by atoms with Gasteiger partial charge >= 0.3 is 0 Å². The zero-order valence-corrected chi connectivity index (χ0v) is 12.3. The van der Waals surface area contributed by atoms with Crippen LogP contribution >= 0.6 is 0 Å². The standard InChI is InChI=1S/C13H20FNO3S/c1-13(2,3)15-19(16,17)10-4-9-18-12-7-5-11(14)6-8-12/h5-8,15H,4,9-10H2,1-3H3. The van der Waals surface area contributed by atoms with Crippen LogP contribution in [0.25, 0.3) is 0 Å². The maximum absolute atomic E-state index is 12.6. The van der Waals surface area contributed by atoms with Gasteiger partial charge in [0.2, 0.25) is 10.0 Å². The number of halogens is 1. The van der Waals surface area contributed by atoms with Crippen molar-refractivity contribution in [2.24, 2.45) is 0 Å². The van der Waals surface area contributed by atoms with Crippen molar-refractivity contribution in [3.05, 3.63) is 30.1 Å². The van der Waals surface area contributed by atoms with Crippen molar-refractivity contribution in [2.45, 2.75) is 32.7 Å². The van der Waals surface area contributed by atoms with Crippen LogP contribution in [-0.4, -0.2) is 26.3 Å². The summed E-state index contributed by atoms with van der Waals surface area (Å²) in [5.41, 5.74) is -0.476. The molecule has 0 atom stereocenters. The van der Waals surface area contributed by atoms with E-state index in [0.717, 1.165) is 0 Å². The Bertz CT molecular complexity index is 492. The summed E-state index contributed by atoms with van der Waals surface area (Å²) >= 11 is 0. The van der Waals surface area contributed by atoms with Crippen molar-refractivity contribution in [2.75, 3.05) is 12.4 Å². The molecule has 19 heavy (non-hydrogen) atoms. The average molecular weight is 289 g/mol. The van der Waals surface area contributed by atoms with E-state index in [1.54, 1.807) is 20.8 Å². The second kappa shape index (κ2) is 6.34. The van der Waals surface area contributed by atoms with Crippen molar-refractivity contribution in [3.63, 3.8) is 0 Å². The fourth-order valence-corrected chi connectivity index (χ4v) is 3.02. The molecule has 6 heteroatoms. The molecular formula is C13H20FNO3S. The molecule has 0 saturated heterocycles. The molecule has 0 radical (unpaired) electrons. The van der Waals surface area contributed by atoms with E-state index in [0.29, 0.717) is 12.2 Å². The molecule has 0 saturated carbocycles. The Hall–Kier alpha value is -1.14. The van der Waals surface area contributed by atoms with E-state index >= 15 is 0 Å². The summed E-state index contributed by atoms with van der Waals surface area (Å²) in [6.45, 7) is 5.65. The van der Waals surface area contributed by atoms with Gasteiger partial charge in [0, 0.05) is 5.54 Å². The number of ether oxygens (including phenoxy) is 1. The minimum atomic E-state index is -3.29. The molecule has 0 spiro atoms. The number of hydrogen-bond acceptors (Lipinski definition) is 3. The van der Waals surface area contributed by atoms with Crippen molar-refractivity contribution >= 4 is 10.0 Å². The van der Waals surface area contributed by atoms with Crippen LogP contribution < -0.4 is 9.46 Å². The summed E-state index contributed by atoms with van der Waals surface area (Å²) in [7, 11) is -3.29. The number of benzene rings is 1. The lowest BCUT2D eigenvalue weighted by molar-refractivity contribution is 0.316. The van der Waals surface area contributed by atoms with Gasteiger partial charge in [-0.15, -0.1) is 0 Å². The van der Waals surface area contributed by atoms with E-state index in [1.807, 2.05) is 0 Å². The van der Waals surface area contributed by atoms with Crippen LogP contribution in [0.2, 0.25) is 0 Å². The SMILES string of the molecule is CC(C)(C)NS(=O)(=O)CCCOc1ccc(F)cc1. The van der Waals surface area contributed by atoms with Crippen LogP contribution in [0.3, 0.4) is 0 Å². The average Bonchev–Trinajstić information content (AvgIpc) is 2.23. The molecule has 0 aliphatic carbocycles. The first kappa shape index (κ1) is 15.9. The van der Waals surface area contributed by atoms with Crippen LogP contribution in [0.1, 0.15) is 27.2 Å². The Morgan fingerprint density at radius 2 is 1.79 bits per heavy atom. The Morgan fingerprint density at radius 3 is 2.32 bits per heavy atom. The topological polar surface area (TPSA) is 55.4 Å². The number of sulfonamides is 1. The fraction of sp³-hybridized carbons (Fsp3) is 0.538. The lowest BCUT2D eigenvalue weighted by Gasteiger charge is -2.20. The maximum atomic E-state index is 12.6. The van der Waals surface area contributed by atoms with Crippen LogP contribution in [-0.2, 0) is 10.0 Å². The molecule has 0 aromatic heterocycles. The second-order valence-electron chi connectivity index (χ2n) is 5.33. The minimum Gasteiger partial charge on any atom is -0.494 e. The molecule has 4 nitrogen and oxygen atoms in total. The monoisotopic (exact) mass is 289 g/mol. The highest BCUT2D eigenvalue weighted by molar-refractivity contribution is 7.89. The highest BCUT2D eigenvalue weighted by Gasteiger charge is 2.19. The van der Waals surface area contributed by atoms with Crippen LogP contribution in [0.5, 0.6) is 5.75 Å². The van der Waals surface area contributed by atoms with Gasteiger partial charge in [0.25, 0.3) is 0 Å². The van der Waals surface area contributed by atoms with Gasteiger partial charge in [-0.3, -0.25) is 0 Å². The Morgan fingerprint density at radius 1 is 1.21 bits per heavy atom. The third kappa shape index (κ3) is 7.12. The van der Waals surface area contributed by atoms with E-state index in [1.165, 1.54) is 24.3 Å². The van der Waals surface area contributed by atoms with Crippen molar-refractivity contribution in [1.82, 2.24) is 4.72 Å². The zero-order valence-electron chi connectivity index (χ0n) is 11.4. The van der Waals surface area contributed by atoms with E-state index in [-0.39, 0.29) is 18.2 Å². The summed E-state index contributed by atoms with van der Waals surface area (Å²) in [6.07, 6.45) is 0.378. The molecule has 108 valence electrons. The van der Waals surface area contributed by atoms with Gasteiger partial charge < -0.3 is 4.74 Å². The third-order valence-electron chi connectivity index (χ3n) is 2.10. The minimum absolute atomic E-state index is 0.00542. The Kier molecular flexibility index (Phi) is 5.31. The van der Waals surface area contributed by atoms with Gasteiger partial charge in [-0.1, -0.05) is 0 Å². The molecule has 1 N–H and O–H groups in total. The van der Waals surface area contributed by atoms with E-state index in [4.69, 9.17) is 4.74 Å². The van der Waals surface area contributed by atoms with Crippen LogP contribution in [0.4, 0.5) is 4.39 Å². The first-order chi connectivity index (χ1) is 8.68. The molecular weight excluding hydrogens is 269 g/mol.